The number of nitrogens with one attached hydrogen (secondary N) is 2. The van der Waals surface area contributed by atoms with Gasteiger partial charge in [0.05, 0.1) is 0 Å². The lowest BCUT2D eigenvalue weighted by Gasteiger charge is -2.32. The number of aryl methyl sites for hydroxylation is 1. The Morgan fingerprint density at radius 3 is 2.63 bits per heavy atom. The highest BCUT2D eigenvalue weighted by Crippen LogP contribution is 2.22. The van der Waals surface area contributed by atoms with Gasteiger partial charge in [0.25, 0.3) is 0 Å². The third-order valence-electron chi connectivity index (χ3n) is 5.27. The average molecular weight is 415 g/mol. The first kappa shape index (κ1) is 21.7. The molecular weight excluding hydrogens is 388 g/mol. The molecule has 0 spiro atoms. The number of halogens is 2. The maximum absolute atomic E-state index is 13.2. The summed E-state index contributed by atoms with van der Waals surface area (Å²) in [6, 6.07) is 10.8. The molecule has 30 heavy (non-hydrogen) atoms. The number of urea groups is 1. The van der Waals surface area contributed by atoms with Crippen molar-refractivity contribution in [1.82, 2.24) is 10.2 Å². The maximum Gasteiger partial charge on any atom is 0.321 e. The molecule has 2 N–H and O–H groups in total. The predicted molar refractivity (Wildman–Crippen MR) is 112 cm³/mol. The van der Waals surface area contributed by atoms with E-state index >= 15 is 0 Å². The maximum atomic E-state index is 13.2. The molecule has 0 aliphatic carbocycles. The number of amides is 3. The lowest BCUT2D eigenvalue weighted by molar-refractivity contribution is -0.121. The van der Waals surface area contributed by atoms with Gasteiger partial charge in [-0.2, -0.15) is 0 Å². The first-order valence-electron chi connectivity index (χ1n) is 10.2. The molecule has 160 valence electrons. The van der Waals surface area contributed by atoms with Gasteiger partial charge in [0, 0.05) is 37.8 Å². The fourth-order valence-corrected chi connectivity index (χ4v) is 3.75. The highest BCUT2D eigenvalue weighted by Gasteiger charge is 2.24. The van der Waals surface area contributed by atoms with Gasteiger partial charge in [-0.15, -0.1) is 0 Å². The summed E-state index contributed by atoms with van der Waals surface area (Å²) in [6.45, 7) is 3.37. The van der Waals surface area contributed by atoms with Crippen molar-refractivity contribution in [1.29, 1.82) is 0 Å². The second kappa shape index (κ2) is 10.2. The van der Waals surface area contributed by atoms with E-state index in [1.54, 1.807) is 4.90 Å². The minimum atomic E-state index is -0.662. The third-order valence-corrected chi connectivity index (χ3v) is 5.27. The Balaban J connectivity index is 1.43. The molecule has 7 heteroatoms. The van der Waals surface area contributed by atoms with Crippen molar-refractivity contribution in [2.24, 2.45) is 5.92 Å². The molecule has 0 saturated carbocycles. The molecule has 1 atom stereocenters. The Kier molecular flexibility index (Phi) is 7.38. The molecule has 2 aromatic rings. The zero-order valence-electron chi connectivity index (χ0n) is 17.1. The van der Waals surface area contributed by atoms with Crippen molar-refractivity contribution in [2.45, 2.75) is 39.2 Å². The van der Waals surface area contributed by atoms with Crippen LogP contribution < -0.4 is 10.6 Å². The monoisotopic (exact) mass is 415 g/mol. The van der Waals surface area contributed by atoms with Crippen molar-refractivity contribution in [3.63, 3.8) is 0 Å². The largest absolute Gasteiger partial charge is 0.352 e. The number of likely N-dealkylation sites (tertiary alicyclic amines) is 1. The van der Waals surface area contributed by atoms with Gasteiger partial charge in [-0.05, 0) is 67.5 Å². The fourth-order valence-electron chi connectivity index (χ4n) is 3.75. The molecule has 3 rings (SSSR count). The Labute approximate surface area is 175 Å². The lowest BCUT2D eigenvalue weighted by atomic mass is 9.93. The van der Waals surface area contributed by atoms with Crippen molar-refractivity contribution in [2.75, 3.05) is 18.4 Å². The molecule has 0 aromatic heterocycles. The second-order valence-corrected chi connectivity index (χ2v) is 7.85. The van der Waals surface area contributed by atoms with Crippen LogP contribution >= 0.6 is 0 Å². The predicted octanol–water partition coefficient (Wildman–Crippen LogP) is 4.61. The first-order chi connectivity index (χ1) is 14.4. The van der Waals surface area contributed by atoms with Crippen LogP contribution in [-0.4, -0.2) is 29.9 Å². The molecular formula is C23H27F2N3O2. The Bertz CT molecular complexity index is 884. The van der Waals surface area contributed by atoms with Gasteiger partial charge in [0.1, 0.15) is 11.6 Å². The Morgan fingerprint density at radius 2 is 1.90 bits per heavy atom. The lowest BCUT2D eigenvalue weighted by Crippen LogP contribution is -2.42. The van der Waals surface area contributed by atoms with E-state index in [9.17, 15) is 18.4 Å². The number of carbonyl (C=O) groups excluding carboxylic acids is 2. The molecule has 1 fully saturated rings. The SMILES string of the molecule is Cc1cccc(NC(=O)N2CCCC(CCC(=O)NCc3cc(F)cc(F)c3)C2)c1. The highest BCUT2D eigenvalue weighted by atomic mass is 19.1. The van der Waals surface area contributed by atoms with Gasteiger partial charge in [-0.25, -0.2) is 13.6 Å². The summed E-state index contributed by atoms with van der Waals surface area (Å²) in [5, 5.41) is 5.63. The Morgan fingerprint density at radius 1 is 1.13 bits per heavy atom. The first-order valence-corrected chi connectivity index (χ1v) is 10.2. The van der Waals surface area contributed by atoms with E-state index in [0.29, 0.717) is 31.5 Å². The number of nitrogens with zero attached hydrogens (tertiary/aromatic N) is 1. The van der Waals surface area contributed by atoms with E-state index < -0.39 is 11.6 Å². The van der Waals surface area contributed by atoms with E-state index in [1.807, 2.05) is 31.2 Å². The highest BCUT2D eigenvalue weighted by molar-refractivity contribution is 5.89. The van der Waals surface area contributed by atoms with Gasteiger partial charge in [0.15, 0.2) is 0 Å². The van der Waals surface area contributed by atoms with Gasteiger partial charge in [-0.3, -0.25) is 4.79 Å². The number of benzene rings is 2. The molecule has 3 amide bonds. The molecule has 2 aromatic carbocycles. The van der Waals surface area contributed by atoms with Crippen LogP contribution in [0, 0.1) is 24.5 Å². The number of hydrogen-bond acceptors (Lipinski definition) is 2. The van der Waals surface area contributed by atoms with Crippen LogP contribution in [0.2, 0.25) is 0 Å². The minimum Gasteiger partial charge on any atom is -0.352 e. The van der Waals surface area contributed by atoms with Crippen molar-refractivity contribution >= 4 is 17.6 Å². The molecule has 1 saturated heterocycles. The van der Waals surface area contributed by atoms with Crippen molar-refractivity contribution in [3.8, 4) is 0 Å². The van der Waals surface area contributed by atoms with E-state index in [-0.39, 0.29) is 24.4 Å². The van der Waals surface area contributed by atoms with Gasteiger partial charge in [0.2, 0.25) is 5.91 Å². The molecule has 1 aliphatic rings. The summed E-state index contributed by atoms with van der Waals surface area (Å²) < 4.78 is 26.4. The standard InChI is InChI=1S/C23H27F2N3O2/c1-16-4-2-6-21(10-16)27-23(30)28-9-3-5-17(15-28)7-8-22(29)26-14-18-11-19(24)13-20(25)12-18/h2,4,6,10-13,17H,3,5,7-9,14-15H2,1H3,(H,26,29)(H,27,30). The van der Waals surface area contributed by atoms with Gasteiger partial charge < -0.3 is 15.5 Å². The number of hydrogen-bond donors (Lipinski definition) is 2. The minimum absolute atomic E-state index is 0.0865. The zero-order chi connectivity index (χ0) is 21.5. The van der Waals surface area contributed by atoms with Crippen LogP contribution in [0.5, 0.6) is 0 Å². The molecule has 0 radical (unpaired) electrons. The van der Waals surface area contributed by atoms with Crippen molar-refractivity contribution in [3.05, 3.63) is 65.2 Å². The smallest absolute Gasteiger partial charge is 0.321 e. The summed E-state index contributed by atoms with van der Waals surface area (Å²) in [5.74, 6) is -1.24. The van der Waals surface area contributed by atoms with E-state index in [0.717, 1.165) is 30.2 Å². The fraction of sp³-hybridized carbons (Fsp3) is 0.391. The molecule has 1 aliphatic heterocycles. The summed E-state index contributed by atoms with van der Waals surface area (Å²) in [6.07, 6.45) is 2.85. The van der Waals surface area contributed by atoms with Crippen LogP contribution in [0.3, 0.4) is 0 Å². The quantitative estimate of drug-likeness (QED) is 0.724. The number of piperidine rings is 1. The molecule has 0 bridgehead atoms. The molecule has 1 unspecified atom stereocenters. The summed E-state index contributed by atoms with van der Waals surface area (Å²) in [7, 11) is 0. The van der Waals surface area contributed by atoms with E-state index in [2.05, 4.69) is 10.6 Å². The molecule has 1 heterocycles. The van der Waals surface area contributed by atoms with Crippen molar-refractivity contribution < 1.29 is 18.4 Å². The summed E-state index contributed by atoms with van der Waals surface area (Å²) in [5.41, 5.74) is 2.24. The van der Waals surface area contributed by atoms with E-state index in [1.165, 1.54) is 12.1 Å². The van der Waals surface area contributed by atoms with Crippen LogP contribution in [0.25, 0.3) is 0 Å². The topological polar surface area (TPSA) is 61.4 Å². The number of anilines is 1. The third kappa shape index (κ3) is 6.54. The second-order valence-electron chi connectivity index (χ2n) is 7.85. The van der Waals surface area contributed by atoms with Gasteiger partial charge in [-0.1, -0.05) is 12.1 Å². The van der Waals surface area contributed by atoms with E-state index in [4.69, 9.17) is 0 Å². The van der Waals surface area contributed by atoms with Crippen LogP contribution in [0.15, 0.2) is 42.5 Å². The number of carbonyl (C=O) groups is 2. The molecule has 5 nitrogen and oxygen atoms in total. The van der Waals surface area contributed by atoms with Crippen LogP contribution in [0.1, 0.15) is 36.8 Å². The van der Waals surface area contributed by atoms with Gasteiger partial charge >= 0.3 is 6.03 Å². The Hall–Kier alpha value is -2.96. The van der Waals surface area contributed by atoms with Crippen LogP contribution in [0.4, 0.5) is 19.3 Å². The zero-order valence-corrected chi connectivity index (χ0v) is 17.1. The summed E-state index contributed by atoms with van der Waals surface area (Å²) in [4.78, 5) is 26.5. The average Bonchev–Trinajstić information content (AvgIpc) is 2.70. The normalized spacial score (nSPS) is 16.2. The number of rotatable bonds is 6. The van der Waals surface area contributed by atoms with Crippen LogP contribution in [-0.2, 0) is 11.3 Å². The summed E-state index contributed by atoms with van der Waals surface area (Å²) >= 11 is 0.